The second-order valence-corrected chi connectivity index (χ2v) is 4.78. The van der Waals surface area contributed by atoms with Crippen LogP contribution in [0.3, 0.4) is 0 Å². The lowest BCUT2D eigenvalue weighted by Gasteiger charge is -2.28. The van der Waals surface area contributed by atoms with E-state index in [9.17, 15) is 10.1 Å². The summed E-state index contributed by atoms with van der Waals surface area (Å²) >= 11 is 0. The van der Waals surface area contributed by atoms with E-state index >= 15 is 0 Å². The van der Waals surface area contributed by atoms with Gasteiger partial charge in [0.1, 0.15) is 6.20 Å². The molecular weight excluding hydrogens is 234 g/mol. The molecule has 0 radical (unpaired) electrons. The highest BCUT2D eigenvalue weighted by molar-refractivity contribution is 5.55. The van der Waals surface area contributed by atoms with Crippen LogP contribution in [0.25, 0.3) is 0 Å². The first kappa shape index (κ1) is 12.8. The second-order valence-electron chi connectivity index (χ2n) is 4.78. The third-order valence-electron chi connectivity index (χ3n) is 3.48. The lowest BCUT2D eigenvalue weighted by Crippen LogP contribution is -2.35. The summed E-state index contributed by atoms with van der Waals surface area (Å²) in [5.74, 6) is 0.385. The van der Waals surface area contributed by atoms with E-state index in [0.29, 0.717) is 11.9 Å². The smallest absolute Gasteiger partial charge is 0.330 e. The van der Waals surface area contributed by atoms with Crippen molar-refractivity contribution in [2.24, 2.45) is 7.05 Å². The predicted molar refractivity (Wildman–Crippen MR) is 68.6 cm³/mol. The van der Waals surface area contributed by atoms with Gasteiger partial charge in [-0.2, -0.15) is 0 Å². The van der Waals surface area contributed by atoms with E-state index in [4.69, 9.17) is 0 Å². The molecule has 0 aliphatic heterocycles. The molecule has 1 aliphatic carbocycles. The van der Waals surface area contributed by atoms with E-state index < -0.39 is 4.92 Å². The maximum absolute atomic E-state index is 10.9. The molecule has 2 rings (SSSR count). The van der Waals surface area contributed by atoms with E-state index in [2.05, 4.69) is 15.7 Å². The lowest BCUT2D eigenvalue weighted by atomic mass is 9.91. The largest absolute Gasteiger partial charge is 0.360 e. The van der Waals surface area contributed by atoms with Gasteiger partial charge in [0.25, 0.3) is 0 Å². The van der Waals surface area contributed by atoms with Crippen LogP contribution in [0.15, 0.2) is 6.20 Å². The Bertz CT molecular complexity index is 423. The van der Waals surface area contributed by atoms with Crippen molar-refractivity contribution in [3.05, 3.63) is 16.3 Å². The molecule has 1 aliphatic rings. The minimum absolute atomic E-state index is 0.0493. The first-order chi connectivity index (χ1) is 8.60. The zero-order valence-corrected chi connectivity index (χ0v) is 10.7. The number of nitrogens with zero attached hydrogens (tertiary/aromatic N) is 3. The molecule has 0 bridgehead atoms. The topological polar surface area (TPSA) is 85.0 Å². The summed E-state index contributed by atoms with van der Waals surface area (Å²) in [7, 11) is 3.66. The summed E-state index contributed by atoms with van der Waals surface area (Å²) in [5, 5.41) is 21.5. The van der Waals surface area contributed by atoms with Crippen molar-refractivity contribution in [1.82, 2.24) is 15.1 Å². The van der Waals surface area contributed by atoms with Gasteiger partial charge in [-0.05, 0) is 32.7 Å². The molecule has 1 fully saturated rings. The van der Waals surface area contributed by atoms with Crippen LogP contribution >= 0.6 is 0 Å². The van der Waals surface area contributed by atoms with Gasteiger partial charge in [0.15, 0.2) is 0 Å². The van der Waals surface area contributed by atoms with Crippen LogP contribution in [0.5, 0.6) is 0 Å². The van der Waals surface area contributed by atoms with Crippen LogP contribution < -0.4 is 10.6 Å². The third kappa shape index (κ3) is 2.79. The number of aromatic nitrogens is 2. The lowest BCUT2D eigenvalue weighted by molar-refractivity contribution is -0.384. The molecule has 1 saturated carbocycles. The number of nitro groups is 1. The Labute approximate surface area is 106 Å². The molecule has 100 valence electrons. The summed E-state index contributed by atoms with van der Waals surface area (Å²) in [6.07, 6.45) is 5.64. The average Bonchev–Trinajstić information content (AvgIpc) is 2.71. The summed E-state index contributed by atoms with van der Waals surface area (Å²) in [6, 6.07) is 0.852. The van der Waals surface area contributed by atoms with Crippen LogP contribution in [0.2, 0.25) is 0 Å². The molecule has 1 heterocycles. The number of nitrogens with one attached hydrogen (secondary N) is 2. The van der Waals surface area contributed by atoms with Crippen LogP contribution in [-0.4, -0.2) is 33.8 Å². The van der Waals surface area contributed by atoms with Gasteiger partial charge in [0.2, 0.25) is 5.82 Å². The van der Waals surface area contributed by atoms with Crippen LogP contribution in [0, 0.1) is 10.1 Å². The Balaban J connectivity index is 2.00. The van der Waals surface area contributed by atoms with E-state index in [0.717, 1.165) is 25.7 Å². The fraction of sp³-hybridized carbons (Fsp3) is 0.727. The minimum Gasteiger partial charge on any atom is -0.360 e. The fourth-order valence-corrected chi connectivity index (χ4v) is 2.43. The maximum Gasteiger partial charge on any atom is 0.330 e. The van der Waals surface area contributed by atoms with Gasteiger partial charge >= 0.3 is 5.69 Å². The zero-order chi connectivity index (χ0) is 13.1. The number of hydrogen-bond donors (Lipinski definition) is 2. The van der Waals surface area contributed by atoms with Crippen molar-refractivity contribution in [1.29, 1.82) is 0 Å². The minimum atomic E-state index is -0.394. The Kier molecular flexibility index (Phi) is 3.81. The zero-order valence-electron chi connectivity index (χ0n) is 10.7. The quantitative estimate of drug-likeness (QED) is 0.623. The van der Waals surface area contributed by atoms with Crippen LogP contribution in [0.1, 0.15) is 25.7 Å². The third-order valence-corrected chi connectivity index (χ3v) is 3.48. The molecule has 0 unspecified atom stereocenters. The van der Waals surface area contributed by atoms with E-state index in [1.165, 1.54) is 10.9 Å². The van der Waals surface area contributed by atoms with Gasteiger partial charge in [-0.3, -0.25) is 14.8 Å². The molecule has 0 atom stereocenters. The highest BCUT2D eigenvalue weighted by Gasteiger charge is 2.24. The molecule has 18 heavy (non-hydrogen) atoms. The number of hydrogen-bond acceptors (Lipinski definition) is 5. The Morgan fingerprint density at radius 3 is 2.56 bits per heavy atom. The Morgan fingerprint density at radius 1 is 1.39 bits per heavy atom. The van der Waals surface area contributed by atoms with Crippen molar-refractivity contribution in [3.63, 3.8) is 0 Å². The molecule has 0 aromatic carbocycles. The fourth-order valence-electron chi connectivity index (χ4n) is 2.43. The summed E-state index contributed by atoms with van der Waals surface area (Å²) < 4.78 is 1.47. The first-order valence-corrected chi connectivity index (χ1v) is 6.22. The maximum atomic E-state index is 10.9. The van der Waals surface area contributed by atoms with Crippen LogP contribution in [-0.2, 0) is 7.05 Å². The number of aryl methyl sites for hydroxylation is 1. The van der Waals surface area contributed by atoms with Gasteiger partial charge < -0.3 is 10.6 Å². The number of anilines is 1. The van der Waals surface area contributed by atoms with Gasteiger partial charge in [-0.1, -0.05) is 0 Å². The summed E-state index contributed by atoms with van der Waals surface area (Å²) in [5.41, 5.74) is 0.0493. The Hall–Kier alpha value is -1.63. The van der Waals surface area contributed by atoms with Crippen molar-refractivity contribution in [2.75, 3.05) is 12.4 Å². The predicted octanol–water partition coefficient (Wildman–Crippen LogP) is 1.27. The molecule has 1 aromatic rings. The monoisotopic (exact) mass is 253 g/mol. The second kappa shape index (κ2) is 5.34. The van der Waals surface area contributed by atoms with Gasteiger partial charge in [-0.15, -0.1) is 5.10 Å². The first-order valence-electron chi connectivity index (χ1n) is 6.22. The van der Waals surface area contributed by atoms with Crippen molar-refractivity contribution in [2.45, 2.75) is 37.8 Å². The highest BCUT2D eigenvalue weighted by atomic mass is 16.6. The van der Waals surface area contributed by atoms with Crippen molar-refractivity contribution < 1.29 is 4.92 Å². The van der Waals surface area contributed by atoms with E-state index in [1.807, 2.05) is 7.05 Å². The molecule has 1 aromatic heterocycles. The molecule has 7 nitrogen and oxygen atoms in total. The van der Waals surface area contributed by atoms with Crippen molar-refractivity contribution in [3.8, 4) is 0 Å². The van der Waals surface area contributed by atoms with Gasteiger partial charge in [0, 0.05) is 19.1 Å². The molecular formula is C11H19N5O2. The molecule has 2 N–H and O–H groups in total. The average molecular weight is 253 g/mol. The summed E-state index contributed by atoms with van der Waals surface area (Å²) in [6.45, 7) is 0. The van der Waals surface area contributed by atoms with Crippen molar-refractivity contribution >= 4 is 11.5 Å². The highest BCUT2D eigenvalue weighted by Crippen LogP contribution is 2.26. The normalized spacial score (nSPS) is 23.9. The number of rotatable bonds is 4. The molecule has 0 saturated heterocycles. The standard InChI is InChI=1S/C11H19N5O2/c1-12-8-3-5-9(6-4-8)13-11-10(16(17)18)7-15(2)14-11/h7-9,12H,3-6H2,1-2H3,(H,13,14). The van der Waals surface area contributed by atoms with E-state index in [1.54, 1.807) is 7.05 Å². The van der Waals surface area contributed by atoms with Gasteiger partial charge in [0.05, 0.1) is 4.92 Å². The Morgan fingerprint density at radius 2 is 2.00 bits per heavy atom. The summed E-state index contributed by atoms with van der Waals surface area (Å²) in [4.78, 5) is 10.5. The van der Waals surface area contributed by atoms with E-state index in [-0.39, 0.29) is 11.7 Å². The molecule has 0 amide bonds. The van der Waals surface area contributed by atoms with Gasteiger partial charge in [-0.25, -0.2) is 0 Å². The molecule has 0 spiro atoms. The SMILES string of the molecule is CNC1CCC(Nc2nn(C)cc2[N+](=O)[O-])CC1. The molecule has 7 heteroatoms. The van der Waals surface area contributed by atoms with Crippen LogP contribution in [0.4, 0.5) is 11.5 Å².